The Balaban J connectivity index is 1.71. The van der Waals surface area contributed by atoms with E-state index in [1.54, 1.807) is 31.4 Å². The fourth-order valence-corrected chi connectivity index (χ4v) is 2.24. The first kappa shape index (κ1) is 18.0. The van der Waals surface area contributed by atoms with Gasteiger partial charge in [0.2, 0.25) is 0 Å². The lowest BCUT2D eigenvalue weighted by Gasteiger charge is -2.07. The Bertz CT molecular complexity index is 700. The van der Waals surface area contributed by atoms with Crippen molar-refractivity contribution in [1.29, 1.82) is 0 Å². The third-order valence-electron chi connectivity index (χ3n) is 3.26. The predicted molar refractivity (Wildman–Crippen MR) is 93.9 cm³/mol. The lowest BCUT2D eigenvalue weighted by atomic mass is 10.2. The normalized spacial score (nSPS) is 10.1. The second-order valence-electron chi connectivity index (χ2n) is 5.03. The van der Waals surface area contributed by atoms with Crippen LogP contribution in [0, 0.1) is 0 Å². The van der Waals surface area contributed by atoms with Gasteiger partial charge >= 0.3 is 5.97 Å². The molecule has 2 aromatic rings. The fourth-order valence-electron chi connectivity index (χ4n) is 1.98. The molecule has 0 heterocycles. The van der Waals surface area contributed by atoms with E-state index in [0.717, 1.165) is 10.0 Å². The van der Waals surface area contributed by atoms with Crippen molar-refractivity contribution >= 4 is 27.8 Å². The van der Waals surface area contributed by atoms with Gasteiger partial charge in [-0.2, -0.15) is 0 Å². The van der Waals surface area contributed by atoms with E-state index in [1.807, 2.05) is 24.3 Å². The highest BCUT2D eigenvalue weighted by atomic mass is 79.9. The highest BCUT2D eigenvalue weighted by Gasteiger charge is 2.08. The SMILES string of the molecule is COc1cccc(COC(=O)CCNC(=O)c2ccc(Br)cc2)c1. The van der Waals surface area contributed by atoms with Crippen molar-refractivity contribution < 1.29 is 19.1 Å². The molecule has 0 aliphatic heterocycles. The molecule has 0 saturated carbocycles. The first-order valence-electron chi connectivity index (χ1n) is 7.41. The largest absolute Gasteiger partial charge is 0.497 e. The summed E-state index contributed by atoms with van der Waals surface area (Å²) in [4.78, 5) is 23.6. The van der Waals surface area contributed by atoms with Crippen LogP contribution in [0.1, 0.15) is 22.3 Å². The van der Waals surface area contributed by atoms with Gasteiger partial charge in [0, 0.05) is 16.6 Å². The molecule has 0 atom stereocenters. The molecule has 5 nitrogen and oxygen atoms in total. The number of benzene rings is 2. The number of nitrogens with one attached hydrogen (secondary N) is 1. The van der Waals surface area contributed by atoms with E-state index in [9.17, 15) is 9.59 Å². The molecule has 0 spiro atoms. The second kappa shape index (κ2) is 9.08. The first-order valence-corrected chi connectivity index (χ1v) is 8.20. The third-order valence-corrected chi connectivity index (χ3v) is 3.78. The van der Waals surface area contributed by atoms with Crippen LogP contribution in [0.25, 0.3) is 0 Å². The highest BCUT2D eigenvalue weighted by Crippen LogP contribution is 2.13. The minimum absolute atomic E-state index is 0.117. The summed E-state index contributed by atoms with van der Waals surface area (Å²) in [5, 5.41) is 2.69. The van der Waals surface area contributed by atoms with Crippen LogP contribution in [0.3, 0.4) is 0 Å². The number of rotatable bonds is 7. The monoisotopic (exact) mass is 391 g/mol. The Kier molecular flexibility index (Phi) is 6.81. The van der Waals surface area contributed by atoms with Crippen molar-refractivity contribution in [2.45, 2.75) is 13.0 Å². The van der Waals surface area contributed by atoms with Gasteiger partial charge in [-0.3, -0.25) is 9.59 Å². The molecule has 2 aromatic carbocycles. The van der Waals surface area contributed by atoms with Gasteiger partial charge in [0.05, 0.1) is 13.5 Å². The third kappa shape index (κ3) is 5.70. The summed E-state index contributed by atoms with van der Waals surface area (Å²) in [6.07, 6.45) is 0.117. The average molecular weight is 392 g/mol. The Morgan fingerprint density at radius 2 is 1.88 bits per heavy atom. The molecule has 126 valence electrons. The van der Waals surface area contributed by atoms with Crippen molar-refractivity contribution in [3.8, 4) is 5.75 Å². The summed E-state index contributed by atoms with van der Waals surface area (Å²) in [6, 6.07) is 14.3. The van der Waals surface area contributed by atoms with E-state index in [1.165, 1.54) is 0 Å². The molecule has 0 aliphatic rings. The summed E-state index contributed by atoms with van der Waals surface area (Å²) >= 11 is 3.31. The lowest BCUT2D eigenvalue weighted by molar-refractivity contribution is -0.144. The maximum Gasteiger partial charge on any atom is 0.307 e. The van der Waals surface area contributed by atoms with Crippen LogP contribution in [0.15, 0.2) is 53.0 Å². The maximum absolute atomic E-state index is 11.9. The van der Waals surface area contributed by atoms with Crippen LogP contribution in [0.5, 0.6) is 5.75 Å². The summed E-state index contributed by atoms with van der Waals surface area (Å²) in [7, 11) is 1.58. The molecule has 0 radical (unpaired) electrons. The summed E-state index contributed by atoms with van der Waals surface area (Å²) < 4.78 is 11.2. The van der Waals surface area contributed by atoms with Gasteiger partial charge in [0.15, 0.2) is 0 Å². The summed E-state index contributed by atoms with van der Waals surface area (Å²) in [5.41, 5.74) is 1.39. The number of hydrogen-bond donors (Lipinski definition) is 1. The van der Waals surface area contributed by atoms with Gasteiger partial charge in [-0.15, -0.1) is 0 Å². The molecule has 1 N–H and O–H groups in total. The van der Waals surface area contributed by atoms with E-state index in [-0.39, 0.29) is 31.4 Å². The molecular weight excluding hydrogens is 374 g/mol. The molecule has 6 heteroatoms. The van der Waals surface area contributed by atoms with Crippen LogP contribution in [0.4, 0.5) is 0 Å². The van der Waals surface area contributed by atoms with Gasteiger partial charge in [-0.05, 0) is 42.0 Å². The number of hydrogen-bond acceptors (Lipinski definition) is 4. The first-order chi connectivity index (χ1) is 11.6. The van der Waals surface area contributed by atoms with Gasteiger partial charge < -0.3 is 14.8 Å². The minimum Gasteiger partial charge on any atom is -0.497 e. The van der Waals surface area contributed by atoms with E-state index in [2.05, 4.69) is 21.2 Å². The predicted octanol–water partition coefficient (Wildman–Crippen LogP) is 3.32. The average Bonchev–Trinajstić information content (AvgIpc) is 2.60. The van der Waals surface area contributed by atoms with Gasteiger partial charge in [0.25, 0.3) is 5.91 Å². The Hall–Kier alpha value is -2.34. The Morgan fingerprint density at radius 1 is 1.12 bits per heavy atom. The molecule has 1 amide bonds. The number of methoxy groups -OCH3 is 1. The number of amides is 1. The van der Waals surface area contributed by atoms with Crippen LogP contribution < -0.4 is 10.1 Å². The summed E-state index contributed by atoms with van der Waals surface area (Å²) in [6.45, 7) is 0.405. The van der Waals surface area contributed by atoms with E-state index in [4.69, 9.17) is 9.47 Å². The van der Waals surface area contributed by atoms with Crippen molar-refractivity contribution in [2.75, 3.05) is 13.7 Å². The number of esters is 1. The van der Waals surface area contributed by atoms with Gasteiger partial charge in [-0.25, -0.2) is 0 Å². The lowest BCUT2D eigenvalue weighted by Crippen LogP contribution is -2.26. The summed E-state index contributed by atoms with van der Waals surface area (Å²) in [5.74, 6) is 0.127. The highest BCUT2D eigenvalue weighted by molar-refractivity contribution is 9.10. The number of carbonyl (C=O) groups excluding carboxylic acids is 2. The quantitative estimate of drug-likeness (QED) is 0.735. The van der Waals surface area contributed by atoms with Crippen molar-refractivity contribution in [1.82, 2.24) is 5.32 Å². The molecule has 0 bridgehead atoms. The number of halogens is 1. The topological polar surface area (TPSA) is 64.6 Å². The molecule has 0 aliphatic carbocycles. The smallest absolute Gasteiger partial charge is 0.307 e. The Labute approximate surface area is 149 Å². The van der Waals surface area contributed by atoms with Crippen molar-refractivity contribution in [3.63, 3.8) is 0 Å². The molecule has 2 rings (SSSR count). The molecule has 24 heavy (non-hydrogen) atoms. The van der Waals surface area contributed by atoms with Crippen LogP contribution in [-0.2, 0) is 16.1 Å². The standard InChI is InChI=1S/C18H18BrNO4/c1-23-16-4-2-3-13(11-16)12-24-17(21)9-10-20-18(22)14-5-7-15(19)8-6-14/h2-8,11H,9-10,12H2,1H3,(H,20,22). The zero-order valence-electron chi connectivity index (χ0n) is 13.3. The maximum atomic E-state index is 11.9. The van der Waals surface area contributed by atoms with Crippen molar-refractivity contribution in [3.05, 3.63) is 64.1 Å². The zero-order chi connectivity index (χ0) is 17.4. The van der Waals surface area contributed by atoms with E-state index < -0.39 is 0 Å². The van der Waals surface area contributed by atoms with Crippen LogP contribution in [-0.4, -0.2) is 25.5 Å². The minimum atomic E-state index is -0.367. The molecule has 0 aromatic heterocycles. The van der Waals surface area contributed by atoms with E-state index in [0.29, 0.717) is 11.3 Å². The van der Waals surface area contributed by atoms with Crippen molar-refractivity contribution in [2.24, 2.45) is 0 Å². The number of carbonyl (C=O) groups is 2. The van der Waals surface area contributed by atoms with E-state index >= 15 is 0 Å². The molecule has 0 saturated heterocycles. The van der Waals surface area contributed by atoms with Crippen LogP contribution in [0.2, 0.25) is 0 Å². The Morgan fingerprint density at radius 3 is 2.58 bits per heavy atom. The van der Waals surface area contributed by atoms with Crippen LogP contribution >= 0.6 is 15.9 Å². The number of ether oxygens (including phenoxy) is 2. The molecule has 0 fully saturated rings. The zero-order valence-corrected chi connectivity index (χ0v) is 14.8. The second-order valence-corrected chi connectivity index (χ2v) is 5.94. The van der Waals surface area contributed by atoms with Gasteiger partial charge in [0.1, 0.15) is 12.4 Å². The van der Waals surface area contributed by atoms with Gasteiger partial charge in [-0.1, -0.05) is 28.1 Å². The molecular formula is C18H18BrNO4. The molecule has 0 unspecified atom stereocenters. The fraction of sp³-hybridized carbons (Fsp3) is 0.222.